The monoisotopic (exact) mass is 595 g/mol. The molecule has 1 unspecified atom stereocenters. The number of nitrogens with zero attached hydrogens (tertiary/aromatic N) is 3. The van der Waals surface area contributed by atoms with Crippen molar-refractivity contribution in [3.05, 3.63) is 58.9 Å². The number of carbonyl (C=O) groups is 1. The van der Waals surface area contributed by atoms with Crippen LogP contribution in [0.5, 0.6) is 5.75 Å². The minimum atomic E-state index is -3.57. The van der Waals surface area contributed by atoms with Gasteiger partial charge in [-0.3, -0.25) is 19.5 Å². The second kappa shape index (κ2) is 10.5. The first kappa shape index (κ1) is 29.7. The van der Waals surface area contributed by atoms with Crippen molar-refractivity contribution in [3.8, 4) is 5.75 Å². The standard InChI is InChI=1S/C30H41N7O4S/c1-18-9-10-19(13-24(18)37-17-23(33-35-37)25-16-31-28(36(25)6)29(2,3)4)27(38)32-21-14-20(30(5)11-12-30)15-22(26(21)41-7)34-42(8,39)40/h9-10,13-15,17,25,33-35H,11-12,16H2,1-8H3,(H,32,38). The van der Waals surface area contributed by atoms with Crippen LogP contribution in [0.4, 0.5) is 17.1 Å². The number of methoxy groups -OCH3 is 1. The van der Waals surface area contributed by atoms with Gasteiger partial charge in [-0.1, -0.05) is 33.8 Å². The quantitative estimate of drug-likeness (QED) is 0.359. The van der Waals surface area contributed by atoms with E-state index in [9.17, 15) is 13.2 Å². The fraction of sp³-hybridized carbons (Fsp3) is 0.467. The number of carbonyl (C=O) groups excluding carboxylic acids is 1. The highest BCUT2D eigenvalue weighted by Gasteiger charge is 2.40. The molecule has 42 heavy (non-hydrogen) atoms. The van der Waals surface area contributed by atoms with Crippen LogP contribution in [0.25, 0.3) is 0 Å². The Bertz CT molecular complexity index is 1590. The number of likely N-dealkylation sites (N-methyl/N-ethyl adjacent to an activating group) is 1. The van der Waals surface area contributed by atoms with E-state index < -0.39 is 10.0 Å². The lowest BCUT2D eigenvalue weighted by Gasteiger charge is -2.30. The van der Waals surface area contributed by atoms with Crippen molar-refractivity contribution in [1.82, 2.24) is 15.9 Å². The minimum absolute atomic E-state index is 0.0474. The number of amides is 1. The number of aliphatic imine (C=N–C) groups is 1. The molecule has 0 aromatic heterocycles. The Balaban J connectivity index is 1.40. The number of nitrogens with one attached hydrogen (secondary N) is 4. The molecule has 1 fully saturated rings. The fourth-order valence-corrected chi connectivity index (χ4v) is 6.05. The molecule has 12 heteroatoms. The molecule has 0 radical (unpaired) electrons. The van der Waals surface area contributed by atoms with E-state index >= 15 is 0 Å². The molecule has 2 aliphatic heterocycles. The topological polar surface area (TPSA) is 127 Å². The summed E-state index contributed by atoms with van der Waals surface area (Å²) in [5.74, 6) is 0.978. The van der Waals surface area contributed by atoms with Gasteiger partial charge in [0.05, 0.1) is 48.7 Å². The Labute approximate surface area is 248 Å². The fourth-order valence-electron chi connectivity index (χ4n) is 5.50. The maximum atomic E-state index is 13.6. The van der Waals surface area contributed by atoms with Gasteiger partial charge in [0.1, 0.15) is 5.84 Å². The summed E-state index contributed by atoms with van der Waals surface area (Å²) < 4.78 is 32.3. The predicted octanol–water partition coefficient (Wildman–Crippen LogP) is 4.11. The highest BCUT2D eigenvalue weighted by atomic mass is 32.2. The number of hydrogen-bond acceptors (Lipinski definition) is 9. The molecule has 0 spiro atoms. The van der Waals surface area contributed by atoms with Crippen LogP contribution in [0.3, 0.4) is 0 Å². The van der Waals surface area contributed by atoms with E-state index in [2.05, 4.69) is 60.6 Å². The zero-order valence-electron chi connectivity index (χ0n) is 25.5. The number of aryl methyl sites for hydroxylation is 1. The van der Waals surface area contributed by atoms with Gasteiger partial charge < -0.3 is 20.4 Å². The van der Waals surface area contributed by atoms with Gasteiger partial charge in [0.2, 0.25) is 10.0 Å². The molecule has 1 saturated carbocycles. The first-order valence-electron chi connectivity index (χ1n) is 14.0. The second-order valence-corrected chi connectivity index (χ2v) is 14.5. The van der Waals surface area contributed by atoms with E-state index in [1.165, 1.54) is 7.11 Å². The molecule has 2 aromatic carbocycles. The first-order valence-corrected chi connectivity index (χ1v) is 15.9. The summed E-state index contributed by atoms with van der Waals surface area (Å²) in [4.78, 5) is 20.6. The maximum absolute atomic E-state index is 13.6. The van der Waals surface area contributed by atoms with E-state index in [1.54, 1.807) is 12.1 Å². The van der Waals surface area contributed by atoms with Crippen molar-refractivity contribution in [1.29, 1.82) is 0 Å². The highest BCUT2D eigenvalue weighted by Crippen LogP contribution is 2.51. The van der Waals surface area contributed by atoms with Crippen LogP contribution in [0.15, 0.2) is 47.2 Å². The molecule has 1 amide bonds. The molecular formula is C30H41N7O4S. The van der Waals surface area contributed by atoms with Crippen molar-refractivity contribution in [2.24, 2.45) is 10.4 Å². The Morgan fingerprint density at radius 3 is 2.45 bits per heavy atom. The van der Waals surface area contributed by atoms with Gasteiger partial charge in [-0.15, -0.1) is 5.53 Å². The van der Waals surface area contributed by atoms with Crippen LogP contribution in [-0.4, -0.2) is 58.1 Å². The van der Waals surface area contributed by atoms with Gasteiger partial charge in [-0.05, 0) is 60.6 Å². The summed E-state index contributed by atoms with van der Waals surface area (Å²) >= 11 is 0. The van der Waals surface area contributed by atoms with E-state index in [-0.39, 0.29) is 28.5 Å². The van der Waals surface area contributed by atoms with E-state index in [0.717, 1.165) is 47.4 Å². The van der Waals surface area contributed by atoms with Crippen LogP contribution in [0.2, 0.25) is 0 Å². The minimum Gasteiger partial charge on any atom is -0.492 e. The smallest absolute Gasteiger partial charge is 0.255 e. The number of sulfonamides is 1. The summed E-state index contributed by atoms with van der Waals surface area (Å²) in [6.45, 7) is 11.2. The Hall–Kier alpha value is -3.77. The zero-order valence-corrected chi connectivity index (χ0v) is 26.4. The highest BCUT2D eigenvalue weighted by molar-refractivity contribution is 7.92. The summed E-state index contributed by atoms with van der Waals surface area (Å²) in [6, 6.07) is 9.23. The van der Waals surface area contributed by atoms with Crippen LogP contribution < -0.4 is 30.7 Å². The van der Waals surface area contributed by atoms with Gasteiger partial charge in [0.25, 0.3) is 5.91 Å². The third kappa shape index (κ3) is 5.91. The molecule has 1 atom stereocenters. The molecule has 11 nitrogen and oxygen atoms in total. The Kier molecular flexibility index (Phi) is 7.43. The number of anilines is 3. The Morgan fingerprint density at radius 2 is 1.86 bits per heavy atom. The van der Waals surface area contributed by atoms with Gasteiger partial charge >= 0.3 is 0 Å². The lowest BCUT2D eigenvalue weighted by atomic mass is 9.94. The van der Waals surface area contributed by atoms with Crippen LogP contribution in [0, 0.1) is 12.3 Å². The Morgan fingerprint density at radius 1 is 1.17 bits per heavy atom. The zero-order chi connectivity index (χ0) is 30.6. The lowest BCUT2D eigenvalue weighted by Crippen LogP contribution is -2.44. The normalized spacial score (nSPS) is 19.7. The van der Waals surface area contributed by atoms with Gasteiger partial charge in [0, 0.05) is 24.2 Å². The summed E-state index contributed by atoms with van der Waals surface area (Å²) in [5.41, 5.74) is 11.2. The predicted molar refractivity (Wildman–Crippen MR) is 167 cm³/mol. The summed E-state index contributed by atoms with van der Waals surface area (Å²) in [5, 5.41) is 4.84. The van der Waals surface area contributed by atoms with Crippen molar-refractivity contribution in [2.45, 2.75) is 58.9 Å². The van der Waals surface area contributed by atoms with Gasteiger partial charge in [-0.2, -0.15) is 0 Å². The van der Waals surface area contributed by atoms with Crippen LogP contribution in [-0.2, 0) is 15.4 Å². The van der Waals surface area contributed by atoms with E-state index in [1.807, 2.05) is 36.3 Å². The molecular weight excluding hydrogens is 554 g/mol. The van der Waals surface area contributed by atoms with E-state index in [0.29, 0.717) is 23.5 Å². The molecule has 226 valence electrons. The number of hydrogen-bond donors (Lipinski definition) is 4. The number of ether oxygens (including phenoxy) is 1. The van der Waals surface area contributed by atoms with Gasteiger partial charge in [0.15, 0.2) is 5.75 Å². The molecule has 1 aliphatic carbocycles. The van der Waals surface area contributed by atoms with Crippen molar-refractivity contribution < 1.29 is 17.9 Å². The third-order valence-corrected chi connectivity index (χ3v) is 8.69. The number of hydrazine groups is 2. The summed E-state index contributed by atoms with van der Waals surface area (Å²) in [7, 11) is -0.0555. The number of benzene rings is 2. The van der Waals surface area contributed by atoms with Crippen molar-refractivity contribution in [3.63, 3.8) is 0 Å². The van der Waals surface area contributed by atoms with Gasteiger partial charge in [-0.25, -0.2) is 8.42 Å². The van der Waals surface area contributed by atoms with Crippen molar-refractivity contribution >= 4 is 38.8 Å². The first-order chi connectivity index (χ1) is 19.6. The van der Waals surface area contributed by atoms with Crippen LogP contribution >= 0.6 is 0 Å². The molecule has 2 aromatic rings. The lowest BCUT2D eigenvalue weighted by molar-refractivity contribution is 0.102. The molecule has 3 aliphatic rings. The van der Waals surface area contributed by atoms with E-state index in [4.69, 9.17) is 9.73 Å². The third-order valence-electron chi connectivity index (χ3n) is 8.10. The largest absolute Gasteiger partial charge is 0.492 e. The molecule has 2 heterocycles. The molecule has 4 N–H and O–H groups in total. The van der Waals surface area contributed by atoms with Crippen molar-refractivity contribution in [2.75, 3.05) is 42.0 Å². The molecule has 5 rings (SSSR count). The second-order valence-electron chi connectivity index (χ2n) is 12.7. The number of rotatable bonds is 8. The SMILES string of the molecule is COc1c(NC(=O)c2ccc(C)c(N3C=C(C4CN=C(C(C)(C)C)N4C)NN3)c2)cc(C2(C)CC2)cc1NS(C)(=O)=O. The average molecular weight is 596 g/mol. The summed E-state index contributed by atoms with van der Waals surface area (Å²) in [6.07, 6.45) is 5.06. The molecule has 0 bridgehead atoms. The number of amidine groups is 1. The van der Waals surface area contributed by atoms with Crippen LogP contribution in [0.1, 0.15) is 62.0 Å². The maximum Gasteiger partial charge on any atom is 0.255 e. The molecule has 0 saturated heterocycles. The average Bonchev–Trinajstić information content (AvgIpc) is 3.27.